The lowest BCUT2D eigenvalue weighted by atomic mass is 10.0. The smallest absolute Gasteiger partial charge is 0.159 e. The van der Waals surface area contributed by atoms with Crippen molar-refractivity contribution in [1.29, 1.82) is 0 Å². The van der Waals surface area contributed by atoms with E-state index in [1.165, 1.54) is 12.1 Å². The van der Waals surface area contributed by atoms with E-state index >= 15 is 0 Å². The Bertz CT molecular complexity index is 593. The molecule has 0 saturated carbocycles. The molecule has 1 unspecified atom stereocenters. The van der Waals surface area contributed by atoms with E-state index in [2.05, 4.69) is 24.3 Å². The highest BCUT2D eigenvalue weighted by molar-refractivity contribution is 5.19. The molecule has 0 aliphatic rings. The summed E-state index contributed by atoms with van der Waals surface area (Å²) in [5, 5.41) is 7.72. The van der Waals surface area contributed by atoms with E-state index in [0.717, 1.165) is 17.7 Å². The highest BCUT2D eigenvalue weighted by Crippen LogP contribution is 2.13. The summed E-state index contributed by atoms with van der Waals surface area (Å²) in [6.07, 6.45) is 3.34. The van der Waals surface area contributed by atoms with Crippen LogP contribution in [0.25, 0.3) is 0 Å². The molecule has 1 heterocycles. The summed E-state index contributed by atoms with van der Waals surface area (Å²) in [4.78, 5) is 0. The van der Waals surface area contributed by atoms with Crippen LogP contribution >= 0.6 is 0 Å². The Morgan fingerprint density at radius 2 is 1.90 bits per heavy atom. The Morgan fingerprint density at radius 3 is 2.48 bits per heavy atom. The average molecular weight is 293 g/mol. The fourth-order valence-corrected chi connectivity index (χ4v) is 2.25. The molecule has 0 aliphatic heterocycles. The van der Waals surface area contributed by atoms with E-state index in [0.29, 0.717) is 12.5 Å². The Morgan fingerprint density at radius 1 is 1.14 bits per heavy atom. The van der Waals surface area contributed by atoms with Gasteiger partial charge in [-0.1, -0.05) is 6.07 Å². The van der Waals surface area contributed by atoms with Crippen molar-refractivity contribution in [3.63, 3.8) is 0 Å². The van der Waals surface area contributed by atoms with Gasteiger partial charge in [-0.3, -0.25) is 4.68 Å². The topological polar surface area (TPSA) is 29.9 Å². The van der Waals surface area contributed by atoms with Crippen LogP contribution in [0.3, 0.4) is 0 Å². The monoisotopic (exact) mass is 293 g/mol. The first-order valence-electron chi connectivity index (χ1n) is 7.14. The van der Waals surface area contributed by atoms with Crippen LogP contribution < -0.4 is 5.32 Å². The number of hydrogen-bond donors (Lipinski definition) is 1. The molecule has 0 bridgehead atoms. The third kappa shape index (κ3) is 4.11. The minimum atomic E-state index is -0.810. The summed E-state index contributed by atoms with van der Waals surface area (Å²) in [7, 11) is 1.87. The van der Waals surface area contributed by atoms with Crippen molar-refractivity contribution < 1.29 is 8.78 Å². The van der Waals surface area contributed by atoms with E-state index in [-0.39, 0.29) is 6.04 Å². The molecule has 0 amide bonds. The van der Waals surface area contributed by atoms with E-state index in [4.69, 9.17) is 0 Å². The first kappa shape index (κ1) is 15.6. The predicted octanol–water partition coefficient (Wildman–Crippen LogP) is 3.12. The number of rotatable bonds is 6. The van der Waals surface area contributed by atoms with Crippen LogP contribution in [0.1, 0.15) is 31.1 Å². The number of benzene rings is 1. The normalized spacial score (nSPS) is 12.9. The standard InChI is InChI=1S/C16H21F2N3/c1-11(2)21-7-6-13(20-21)10-14(19-3)8-12-4-5-15(17)16(18)9-12/h4-7,9,11,14,19H,8,10H2,1-3H3. The lowest BCUT2D eigenvalue weighted by molar-refractivity contribution is 0.498. The van der Waals surface area contributed by atoms with Crippen molar-refractivity contribution >= 4 is 0 Å². The van der Waals surface area contributed by atoms with Gasteiger partial charge in [0.1, 0.15) is 0 Å². The largest absolute Gasteiger partial charge is 0.316 e. The van der Waals surface area contributed by atoms with Gasteiger partial charge in [0, 0.05) is 24.7 Å². The first-order chi connectivity index (χ1) is 9.99. The van der Waals surface area contributed by atoms with Gasteiger partial charge in [0.2, 0.25) is 0 Å². The highest BCUT2D eigenvalue weighted by Gasteiger charge is 2.12. The van der Waals surface area contributed by atoms with E-state index < -0.39 is 11.6 Å². The average Bonchev–Trinajstić information content (AvgIpc) is 2.91. The molecule has 3 nitrogen and oxygen atoms in total. The maximum Gasteiger partial charge on any atom is 0.159 e. The summed E-state index contributed by atoms with van der Waals surface area (Å²) in [5.41, 5.74) is 1.77. The molecular formula is C16H21F2N3. The van der Waals surface area contributed by atoms with Crippen LogP contribution in [0.5, 0.6) is 0 Å². The molecule has 1 atom stereocenters. The van der Waals surface area contributed by atoms with Crippen LogP contribution in [0.15, 0.2) is 30.5 Å². The minimum Gasteiger partial charge on any atom is -0.316 e. The molecule has 0 aliphatic carbocycles. The maximum absolute atomic E-state index is 13.2. The summed E-state index contributed by atoms with van der Waals surface area (Å²) in [6.45, 7) is 4.15. The van der Waals surface area contributed by atoms with Crippen molar-refractivity contribution in [2.45, 2.75) is 38.8 Å². The van der Waals surface area contributed by atoms with E-state index in [1.54, 1.807) is 6.07 Å². The number of nitrogens with one attached hydrogen (secondary N) is 1. The molecule has 1 N–H and O–H groups in total. The van der Waals surface area contributed by atoms with Gasteiger partial charge in [0.25, 0.3) is 0 Å². The third-order valence-electron chi connectivity index (χ3n) is 3.52. The molecule has 0 saturated heterocycles. The summed E-state index contributed by atoms with van der Waals surface area (Å²) >= 11 is 0. The first-order valence-corrected chi connectivity index (χ1v) is 7.14. The molecule has 2 rings (SSSR count). The van der Waals surface area contributed by atoms with Gasteiger partial charge in [0.05, 0.1) is 5.69 Å². The number of halogens is 2. The molecule has 21 heavy (non-hydrogen) atoms. The lowest BCUT2D eigenvalue weighted by Crippen LogP contribution is -2.30. The molecule has 1 aromatic carbocycles. The zero-order valence-electron chi connectivity index (χ0n) is 12.6. The molecule has 0 radical (unpaired) electrons. The van der Waals surface area contributed by atoms with Crippen LogP contribution in [0, 0.1) is 11.6 Å². The van der Waals surface area contributed by atoms with Gasteiger partial charge in [-0.15, -0.1) is 0 Å². The lowest BCUT2D eigenvalue weighted by Gasteiger charge is -2.15. The second-order valence-corrected chi connectivity index (χ2v) is 5.52. The van der Waals surface area contributed by atoms with Gasteiger partial charge in [-0.2, -0.15) is 5.10 Å². The Labute approximate surface area is 124 Å². The van der Waals surface area contributed by atoms with Gasteiger partial charge >= 0.3 is 0 Å². The second kappa shape index (κ2) is 6.80. The minimum absolute atomic E-state index is 0.130. The Kier molecular flexibility index (Phi) is 5.07. The summed E-state index contributed by atoms with van der Waals surface area (Å²) < 4.78 is 28.1. The van der Waals surface area contributed by atoms with Gasteiger partial charge in [-0.25, -0.2) is 8.78 Å². The number of nitrogens with zero attached hydrogens (tertiary/aromatic N) is 2. The molecule has 2 aromatic rings. The molecular weight excluding hydrogens is 272 g/mol. The second-order valence-electron chi connectivity index (χ2n) is 5.52. The van der Waals surface area contributed by atoms with Crippen LogP contribution in [0.4, 0.5) is 8.78 Å². The third-order valence-corrected chi connectivity index (χ3v) is 3.52. The zero-order valence-corrected chi connectivity index (χ0v) is 12.6. The fourth-order valence-electron chi connectivity index (χ4n) is 2.25. The van der Waals surface area contributed by atoms with Crippen LogP contribution in [0.2, 0.25) is 0 Å². The Hall–Kier alpha value is -1.75. The van der Waals surface area contributed by atoms with Crippen LogP contribution in [-0.4, -0.2) is 22.9 Å². The number of hydrogen-bond acceptors (Lipinski definition) is 2. The Balaban J connectivity index is 2.03. The molecule has 1 aromatic heterocycles. The van der Waals surface area contributed by atoms with Crippen LogP contribution in [-0.2, 0) is 12.8 Å². The van der Waals surface area contributed by atoms with E-state index in [9.17, 15) is 8.78 Å². The molecule has 0 spiro atoms. The number of likely N-dealkylation sites (N-methyl/N-ethyl adjacent to an activating group) is 1. The van der Waals surface area contributed by atoms with Crippen molar-refractivity contribution in [2.75, 3.05) is 7.05 Å². The van der Waals surface area contributed by atoms with E-state index in [1.807, 2.05) is 24.0 Å². The fraction of sp³-hybridized carbons (Fsp3) is 0.438. The van der Waals surface area contributed by atoms with Gasteiger partial charge < -0.3 is 5.32 Å². The van der Waals surface area contributed by atoms with Crippen molar-refractivity contribution in [2.24, 2.45) is 0 Å². The number of aromatic nitrogens is 2. The maximum atomic E-state index is 13.2. The SMILES string of the molecule is CNC(Cc1ccc(F)c(F)c1)Cc1ccn(C(C)C)n1. The molecule has 0 fully saturated rings. The predicted molar refractivity (Wildman–Crippen MR) is 79.2 cm³/mol. The van der Waals surface area contributed by atoms with Crippen molar-refractivity contribution in [3.8, 4) is 0 Å². The highest BCUT2D eigenvalue weighted by atomic mass is 19.2. The molecule has 5 heteroatoms. The quantitative estimate of drug-likeness (QED) is 0.887. The van der Waals surface area contributed by atoms with Crippen molar-refractivity contribution in [3.05, 3.63) is 53.4 Å². The van der Waals surface area contributed by atoms with Crippen molar-refractivity contribution in [1.82, 2.24) is 15.1 Å². The van der Waals surface area contributed by atoms with Gasteiger partial charge in [-0.05, 0) is 51.1 Å². The zero-order chi connectivity index (χ0) is 15.4. The van der Waals surface area contributed by atoms with Gasteiger partial charge in [0.15, 0.2) is 11.6 Å². The molecule has 114 valence electrons. The summed E-state index contributed by atoms with van der Waals surface area (Å²) in [6, 6.07) is 6.51. The summed E-state index contributed by atoms with van der Waals surface area (Å²) in [5.74, 6) is -1.61.